The Hall–Kier alpha value is -2.59. The van der Waals surface area contributed by atoms with Crippen molar-refractivity contribution in [3.63, 3.8) is 0 Å². The van der Waals surface area contributed by atoms with Crippen LogP contribution in [0.2, 0.25) is 5.02 Å². The van der Waals surface area contributed by atoms with Gasteiger partial charge in [0.05, 0.1) is 5.75 Å². The Bertz CT molecular complexity index is 972. The zero-order chi connectivity index (χ0) is 22.5. The molecule has 2 aliphatic heterocycles. The van der Waals surface area contributed by atoms with Crippen LogP contribution in [0.15, 0.2) is 29.4 Å². The fraction of sp³-hybridized carbons (Fsp3) is 0.476. The molecule has 0 radical (unpaired) electrons. The number of rotatable bonds is 6. The van der Waals surface area contributed by atoms with Crippen LogP contribution < -0.4 is 10.6 Å². The Balaban J connectivity index is 1.53. The van der Waals surface area contributed by atoms with E-state index in [4.69, 9.17) is 11.6 Å². The molecule has 0 aliphatic carbocycles. The van der Waals surface area contributed by atoms with Crippen molar-refractivity contribution in [1.82, 2.24) is 30.3 Å². The fourth-order valence-electron chi connectivity index (χ4n) is 3.93. The molecule has 4 amide bonds. The number of halogens is 1. The summed E-state index contributed by atoms with van der Waals surface area (Å²) in [5.41, 5.74) is 0.797. The van der Waals surface area contributed by atoms with E-state index >= 15 is 0 Å². The van der Waals surface area contributed by atoms with Gasteiger partial charge in [-0.2, -0.15) is 0 Å². The summed E-state index contributed by atoms with van der Waals surface area (Å²) in [6.07, 6.45) is 4.91. The molecule has 1 aromatic heterocycles. The molecule has 0 saturated carbocycles. The number of hydrogen-bond acceptors (Lipinski definition) is 6. The van der Waals surface area contributed by atoms with E-state index in [0.717, 1.165) is 31.6 Å². The van der Waals surface area contributed by atoms with Gasteiger partial charge in [0.25, 0.3) is 0 Å². The van der Waals surface area contributed by atoms with E-state index in [9.17, 15) is 14.4 Å². The number of nitrogens with zero attached hydrogens (tertiary/aromatic N) is 4. The van der Waals surface area contributed by atoms with E-state index in [-0.39, 0.29) is 30.0 Å². The first kappa shape index (κ1) is 22.6. The lowest BCUT2D eigenvalue weighted by Crippen LogP contribution is -2.53. The maximum absolute atomic E-state index is 12.8. The number of likely N-dealkylation sites (tertiary alicyclic amines) is 1. The second-order valence-corrected chi connectivity index (χ2v) is 9.30. The second kappa shape index (κ2) is 10.4. The van der Waals surface area contributed by atoms with Crippen LogP contribution in [0.25, 0.3) is 5.69 Å². The molecule has 3 heterocycles. The maximum Gasteiger partial charge on any atom is 0.321 e. The Labute approximate surface area is 195 Å². The van der Waals surface area contributed by atoms with Gasteiger partial charge in [0.1, 0.15) is 5.82 Å². The van der Waals surface area contributed by atoms with Gasteiger partial charge < -0.3 is 10.2 Å². The number of carbonyl (C=O) groups excluding carboxylic acids is 3. The first-order chi connectivity index (χ1) is 15.5. The van der Waals surface area contributed by atoms with E-state index in [1.807, 2.05) is 21.6 Å². The fourth-order valence-corrected chi connectivity index (χ4v) is 4.93. The van der Waals surface area contributed by atoms with Gasteiger partial charge in [-0.1, -0.05) is 36.2 Å². The summed E-state index contributed by atoms with van der Waals surface area (Å²) in [5, 5.41) is 14.8. The van der Waals surface area contributed by atoms with Gasteiger partial charge in [0.2, 0.25) is 11.8 Å². The topological polar surface area (TPSA) is 109 Å². The van der Waals surface area contributed by atoms with Gasteiger partial charge in [0.15, 0.2) is 5.16 Å². The van der Waals surface area contributed by atoms with Crippen LogP contribution in [-0.4, -0.2) is 62.4 Å². The van der Waals surface area contributed by atoms with Crippen LogP contribution in [0, 0.1) is 0 Å². The highest BCUT2D eigenvalue weighted by atomic mass is 35.5. The van der Waals surface area contributed by atoms with Crippen molar-refractivity contribution in [1.29, 1.82) is 0 Å². The first-order valence-corrected chi connectivity index (χ1v) is 12.1. The molecule has 1 atom stereocenters. The molecule has 32 heavy (non-hydrogen) atoms. The molecule has 2 fully saturated rings. The predicted octanol–water partition coefficient (Wildman–Crippen LogP) is 2.56. The molecule has 2 N–H and O–H groups in total. The SMILES string of the molecule is O=C1CC(Cc2nnc(SCC(=O)N3CCCCCC3)n2-c2ccc(Cl)cc2)NC(=O)N1. The van der Waals surface area contributed by atoms with Gasteiger partial charge in [-0.25, -0.2) is 4.79 Å². The number of nitrogens with one attached hydrogen (secondary N) is 2. The summed E-state index contributed by atoms with van der Waals surface area (Å²) in [6, 6.07) is 6.34. The van der Waals surface area contributed by atoms with E-state index in [1.54, 1.807) is 12.1 Å². The number of imide groups is 1. The Morgan fingerprint density at radius 3 is 2.50 bits per heavy atom. The molecule has 9 nitrogen and oxygen atoms in total. The average Bonchev–Trinajstić information content (AvgIpc) is 2.96. The van der Waals surface area contributed by atoms with Crippen molar-refractivity contribution in [2.75, 3.05) is 18.8 Å². The summed E-state index contributed by atoms with van der Waals surface area (Å²) in [7, 11) is 0. The largest absolute Gasteiger partial charge is 0.342 e. The zero-order valence-corrected chi connectivity index (χ0v) is 19.1. The molecule has 4 rings (SSSR count). The minimum Gasteiger partial charge on any atom is -0.342 e. The number of benzene rings is 1. The summed E-state index contributed by atoms with van der Waals surface area (Å²) >= 11 is 7.39. The van der Waals surface area contributed by atoms with E-state index < -0.39 is 6.03 Å². The van der Waals surface area contributed by atoms with Gasteiger partial charge in [0, 0.05) is 42.7 Å². The Morgan fingerprint density at radius 1 is 1.09 bits per heavy atom. The molecule has 2 aliphatic rings. The maximum atomic E-state index is 12.8. The van der Waals surface area contributed by atoms with Crippen LogP contribution in [-0.2, 0) is 16.0 Å². The monoisotopic (exact) mass is 476 g/mol. The molecule has 0 bridgehead atoms. The Morgan fingerprint density at radius 2 is 1.81 bits per heavy atom. The Kier molecular flexibility index (Phi) is 7.31. The normalized spacial score (nSPS) is 19.3. The highest BCUT2D eigenvalue weighted by Crippen LogP contribution is 2.25. The number of urea groups is 1. The van der Waals surface area contributed by atoms with E-state index in [0.29, 0.717) is 22.4 Å². The molecular weight excluding hydrogens is 452 g/mol. The molecular formula is C21H25ClN6O3S. The lowest BCUT2D eigenvalue weighted by molar-refractivity contribution is -0.128. The van der Waals surface area contributed by atoms with Crippen molar-refractivity contribution in [2.24, 2.45) is 0 Å². The highest BCUT2D eigenvalue weighted by Gasteiger charge is 2.27. The number of thioether (sulfide) groups is 1. The number of carbonyl (C=O) groups is 3. The van der Waals surface area contributed by atoms with E-state index in [1.165, 1.54) is 24.6 Å². The third-order valence-corrected chi connectivity index (χ3v) is 6.68. The van der Waals surface area contributed by atoms with Crippen LogP contribution in [0.3, 0.4) is 0 Å². The number of aromatic nitrogens is 3. The third kappa shape index (κ3) is 5.60. The molecule has 0 spiro atoms. The first-order valence-electron chi connectivity index (χ1n) is 10.7. The zero-order valence-electron chi connectivity index (χ0n) is 17.6. The quantitative estimate of drug-likeness (QED) is 0.620. The lowest BCUT2D eigenvalue weighted by Gasteiger charge is -2.23. The van der Waals surface area contributed by atoms with Crippen LogP contribution in [0.5, 0.6) is 0 Å². The van der Waals surface area contributed by atoms with Crippen molar-refractivity contribution < 1.29 is 14.4 Å². The summed E-state index contributed by atoms with van der Waals surface area (Å²) in [5.74, 6) is 0.639. The third-order valence-electron chi connectivity index (χ3n) is 5.52. The second-order valence-electron chi connectivity index (χ2n) is 7.92. The van der Waals surface area contributed by atoms with Gasteiger partial charge in [-0.05, 0) is 37.1 Å². The van der Waals surface area contributed by atoms with Crippen LogP contribution in [0.4, 0.5) is 4.79 Å². The van der Waals surface area contributed by atoms with Crippen molar-refractivity contribution in [2.45, 2.75) is 49.7 Å². The minimum absolute atomic E-state index is 0.0975. The minimum atomic E-state index is -0.513. The van der Waals surface area contributed by atoms with Crippen molar-refractivity contribution >= 4 is 41.2 Å². The highest BCUT2D eigenvalue weighted by molar-refractivity contribution is 7.99. The van der Waals surface area contributed by atoms with Gasteiger partial charge >= 0.3 is 6.03 Å². The smallest absolute Gasteiger partial charge is 0.321 e. The van der Waals surface area contributed by atoms with Crippen molar-refractivity contribution in [3.8, 4) is 5.69 Å². The average molecular weight is 477 g/mol. The molecule has 1 unspecified atom stereocenters. The molecule has 170 valence electrons. The summed E-state index contributed by atoms with van der Waals surface area (Å²) in [6.45, 7) is 1.61. The van der Waals surface area contributed by atoms with E-state index in [2.05, 4.69) is 20.8 Å². The molecule has 11 heteroatoms. The van der Waals surface area contributed by atoms with Gasteiger partial charge in [-0.3, -0.25) is 19.5 Å². The molecule has 1 aromatic carbocycles. The number of amides is 4. The van der Waals surface area contributed by atoms with Crippen molar-refractivity contribution in [3.05, 3.63) is 35.1 Å². The predicted molar refractivity (Wildman–Crippen MR) is 121 cm³/mol. The standard InChI is InChI=1S/C21H25ClN6O3S/c22-14-5-7-16(8-6-14)28-17(11-15-12-18(29)24-20(31)23-15)25-26-21(28)32-13-19(30)27-9-3-1-2-4-10-27/h5-8,15H,1-4,9-13H2,(H2,23,24,29,31). The molecule has 2 aromatic rings. The van der Waals surface area contributed by atoms with Crippen LogP contribution >= 0.6 is 23.4 Å². The summed E-state index contributed by atoms with van der Waals surface area (Å²) < 4.78 is 1.86. The molecule has 2 saturated heterocycles. The number of hydrogen-bond donors (Lipinski definition) is 2. The van der Waals surface area contributed by atoms with Crippen LogP contribution in [0.1, 0.15) is 37.9 Å². The lowest BCUT2D eigenvalue weighted by atomic mass is 10.1. The summed E-state index contributed by atoms with van der Waals surface area (Å²) in [4.78, 5) is 38.1. The van der Waals surface area contributed by atoms with Gasteiger partial charge in [-0.15, -0.1) is 10.2 Å².